The highest BCUT2D eigenvalue weighted by atomic mass is 16.6. The van der Waals surface area contributed by atoms with Crippen LogP contribution in [0, 0.1) is 0 Å². The first-order valence-corrected chi connectivity index (χ1v) is 5.17. The number of rotatable bonds is 4. The normalized spacial score (nSPS) is 15.6. The minimum Gasteiger partial charge on any atom is -0.444 e. The van der Waals surface area contributed by atoms with Crippen molar-refractivity contribution in [1.82, 2.24) is 5.32 Å². The predicted octanol–water partition coefficient (Wildman–Crippen LogP) is 0.609. The molecule has 0 saturated carbocycles. The lowest BCUT2D eigenvalue weighted by Gasteiger charge is -2.25. The molecule has 0 fully saturated rings. The Kier molecular flexibility index (Phi) is 5.60. The second-order valence-electron chi connectivity index (χ2n) is 4.46. The fourth-order valence-corrected chi connectivity index (χ4v) is 1.09. The molecular weight excluding hydrogens is 196 g/mol. The summed E-state index contributed by atoms with van der Waals surface area (Å²) < 4.78 is 5.06. The van der Waals surface area contributed by atoms with Crippen molar-refractivity contribution >= 4 is 6.09 Å². The van der Waals surface area contributed by atoms with E-state index in [1.54, 1.807) is 20.8 Å². The minimum atomic E-state index is -0.734. The number of carbonyl (C=O) groups is 1. The highest BCUT2D eigenvalue weighted by Gasteiger charge is 2.22. The number of alkyl carbamates (subject to hydrolysis) is 1. The molecule has 0 aliphatic heterocycles. The van der Waals surface area contributed by atoms with E-state index in [4.69, 9.17) is 10.5 Å². The molecular formula is C10H22N2O3. The molecule has 2 atom stereocenters. The van der Waals surface area contributed by atoms with E-state index in [2.05, 4.69) is 5.32 Å². The number of ether oxygens (including phenoxy) is 1. The molecule has 90 valence electrons. The van der Waals surface area contributed by atoms with Gasteiger partial charge in [0.2, 0.25) is 0 Å². The maximum Gasteiger partial charge on any atom is 0.407 e. The van der Waals surface area contributed by atoms with Crippen LogP contribution in [-0.2, 0) is 4.74 Å². The number of aliphatic hydroxyl groups is 1. The highest BCUT2D eigenvalue weighted by Crippen LogP contribution is 2.07. The van der Waals surface area contributed by atoms with Crippen molar-refractivity contribution in [2.75, 3.05) is 6.54 Å². The Morgan fingerprint density at radius 1 is 1.53 bits per heavy atom. The molecule has 5 nitrogen and oxygen atoms in total. The van der Waals surface area contributed by atoms with E-state index in [1.807, 2.05) is 6.92 Å². The van der Waals surface area contributed by atoms with Crippen LogP contribution in [0.2, 0.25) is 0 Å². The maximum absolute atomic E-state index is 11.4. The second kappa shape index (κ2) is 5.92. The molecule has 1 amide bonds. The number of hydrogen-bond acceptors (Lipinski definition) is 4. The Hall–Kier alpha value is -0.810. The Morgan fingerprint density at radius 2 is 2.07 bits per heavy atom. The van der Waals surface area contributed by atoms with Crippen LogP contribution >= 0.6 is 0 Å². The first-order valence-electron chi connectivity index (χ1n) is 5.17. The van der Waals surface area contributed by atoms with Crippen LogP contribution in [0.15, 0.2) is 0 Å². The van der Waals surface area contributed by atoms with Gasteiger partial charge in [-0.2, -0.15) is 0 Å². The van der Waals surface area contributed by atoms with Crippen molar-refractivity contribution in [1.29, 1.82) is 0 Å². The van der Waals surface area contributed by atoms with E-state index in [0.29, 0.717) is 6.42 Å². The predicted molar refractivity (Wildman–Crippen MR) is 58.5 cm³/mol. The largest absolute Gasteiger partial charge is 0.444 e. The monoisotopic (exact) mass is 218 g/mol. The quantitative estimate of drug-likeness (QED) is 0.645. The van der Waals surface area contributed by atoms with E-state index in [-0.39, 0.29) is 12.6 Å². The molecule has 0 spiro atoms. The van der Waals surface area contributed by atoms with Gasteiger partial charge in [-0.1, -0.05) is 6.92 Å². The Labute approximate surface area is 91.0 Å². The van der Waals surface area contributed by atoms with Crippen molar-refractivity contribution < 1.29 is 14.6 Å². The third-order valence-corrected chi connectivity index (χ3v) is 1.85. The molecule has 0 aromatic carbocycles. The van der Waals surface area contributed by atoms with Crippen LogP contribution in [0.3, 0.4) is 0 Å². The molecule has 0 radical (unpaired) electrons. The molecule has 0 saturated heterocycles. The lowest BCUT2D eigenvalue weighted by molar-refractivity contribution is 0.0427. The lowest BCUT2D eigenvalue weighted by atomic mass is 10.1. The third-order valence-electron chi connectivity index (χ3n) is 1.85. The van der Waals surface area contributed by atoms with Crippen molar-refractivity contribution in [3.63, 3.8) is 0 Å². The summed E-state index contributed by atoms with van der Waals surface area (Å²) in [5, 5.41) is 12.1. The summed E-state index contributed by atoms with van der Waals surface area (Å²) in [5.74, 6) is 0. The first-order chi connectivity index (χ1) is 6.80. The number of aliphatic hydroxyl groups excluding tert-OH is 1. The standard InChI is InChI=1S/C10H22N2O3/c1-5-7(8(13)6-11)12-9(14)15-10(2,3)4/h7-8,13H,5-6,11H2,1-4H3,(H,12,14)/t7-,8+/m0/s1. The maximum atomic E-state index is 11.4. The van der Waals surface area contributed by atoms with Crippen molar-refractivity contribution in [2.24, 2.45) is 5.73 Å². The SMILES string of the molecule is CC[C@H](NC(=O)OC(C)(C)C)[C@H](O)CN. The van der Waals surface area contributed by atoms with Crippen LogP contribution in [0.25, 0.3) is 0 Å². The van der Waals surface area contributed by atoms with Gasteiger partial charge < -0.3 is 20.9 Å². The van der Waals surface area contributed by atoms with Crippen molar-refractivity contribution in [3.05, 3.63) is 0 Å². The van der Waals surface area contributed by atoms with Gasteiger partial charge in [0.05, 0.1) is 12.1 Å². The Balaban J connectivity index is 4.13. The van der Waals surface area contributed by atoms with Crippen molar-refractivity contribution in [3.8, 4) is 0 Å². The fraction of sp³-hybridized carbons (Fsp3) is 0.900. The molecule has 0 aromatic rings. The van der Waals surface area contributed by atoms with Gasteiger partial charge in [-0.15, -0.1) is 0 Å². The molecule has 0 rings (SSSR count). The average Bonchev–Trinajstić information content (AvgIpc) is 2.10. The molecule has 0 aliphatic carbocycles. The van der Waals surface area contributed by atoms with Gasteiger partial charge in [0.15, 0.2) is 0 Å². The fourth-order valence-electron chi connectivity index (χ4n) is 1.09. The summed E-state index contributed by atoms with van der Waals surface area (Å²) >= 11 is 0. The average molecular weight is 218 g/mol. The second-order valence-corrected chi connectivity index (χ2v) is 4.46. The van der Waals surface area contributed by atoms with Gasteiger partial charge in [-0.25, -0.2) is 4.79 Å². The summed E-state index contributed by atoms with van der Waals surface area (Å²) in [4.78, 5) is 11.4. The number of nitrogens with two attached hydrogens (primary N) is 1. The molecule has 0 heterocycles. The molecule has 0 unspecified atom stereocenters. The molecule has 4 N–H and O–H groups in total. The molecule has 0 aromatic heterocycles. The zero-order valence-electron chi connectivity index (χ0n) is 9.91. The summed E-state index contributed by atoms with van der Waals surface area (Å²) in [6.45, 7) is 7.34. The van der Waals surface area contributed by atoms with E-state index in [0.717, 1.165) is 0 Å². The van der Waals surface area contributed by atoms with Gasteiger partial charge in [0.25, 0.3) is 0 Å². The van der Waals surface area contributed by atoms with E-state index >= 15 is 0 Å². The molecule has 5 heteroatoms. The zero-order chi connectivity index (χ0) is 12.1. The summed E-state index contributed by atoms with van der Waals surface area (Å²) in [6.07, 6.45) is -0.651. The minimum absolute atomic E-state index is 0.119. The van der Waals surface area contributed by atoms with Gasteiger partial charge >= 0.3 is 6.09 Å². The van der Waals surface area contributed by atoms with Gasteiger partial charge in [0, 0.05) is 6.54 Å². The van der Waals surface area contributed by atoms with Crippen LogP contribution in [0.5, 0.6) is 0 Å². The summed E-state index contributed by atoms with van der Waals surface area (Å²) in [5.41, 5.74) is 4.78. The number of carbonyl (C=O) groups excluding carboxylic acids is 1. The topological polar surface area (TPSA) is 84.6 Å². The van der Waals surface area contributed by atoms with Crippen LogP contribution in [0.4, 0.5) is 4.79 Å². The Morgan fingerprint density at radius 3 is 2.40 bits per heavy atom. The van der Waals surface area contributed by atoms with Gasteiger partial charge in [0.1, 0.15) is 5.60 Å². The van der Waals surface area contributed by atoms with E-state index < -0.39 is 17.8 Å². The zero-order valence-corrected chi connectivity index (χ0v) is 9.91. The van der Waals surface area contributed by atoms with E-state index in [9.17, 15) is 9.90 Å². The number of amides is 1. The van der Waals surface area contributed by atoms with E-state index in [1.165, 1.54) is 0 Å². The van der Waals surface area contributed by atoms with Crippen LogP contribution < -0.4 is 11.1 Å². The number of nitrogens with one attached hydrogen (secondary N) is 1. The first kappa shape index (κ1) is 14.2. The summed E-state index contributed by atoms with van der Waals surface area (Å²) in [6, 6.07) is -0.357. The van der Waals surface area contributed by atoms with Crippen molar-refractivity contribution in [2.45, 2.75) is 51.9 Å². The van der Waals surface area contributed by atoms with Crippen LogP contribution in [0.1, 0.15) is 34.1 Å². The summed E-state index contributed by atoms with van der Waals surface area (Å²) in [7, 11) is 0. The molecule has 15 heavy (non-hydrogen) atoms. The highest BCUT2D eigenvalue weighted by molar-refractivity contribution is 5.68. The smallest absolute Gasteiger partial charge is 0.407 e. The lowest BCUT2D eigenvalue weighted by Crippen LogP contribution is -2.47. The third kappa shape index (κ3) is 6.30. The molecule has 0 aliphatic rings. The Bertz CT molecular complexity index is 201. The number of hydrogen-bond donors (Lipinski definition) is 3. The van der Waals surface area contributed by atoms with Gasteiger partial charge in [-0.05, 0) is 27.2 Å². The van der Waals surface area contributed by atoms with Gasteiger partial charge in [-0.3, -0.25) is 0 Å². The molecule has 0 bridgehead atoms. The van der Waals surface area contributed by atoms with Crippen LogP contribution in [-0.4, -0.2) is 35.5 Å².